The molecule has 0 aliphatic carbocycles. The number of ether oxygens (including phenoxy) is 1. The minimum Gasteiger partial charge on any atom is -0.380 e. The second kappa shape index (κ2) is 6.02. The molecule has 2 unspecified atom stereocenters. The maximum atomic E-state index is 5.43. The lowest BCUT2D eigenvalue weighted by Gasteiger charge is -2.24. The van der Waals surface area contributed by atoms with Gasteiger partial charge in [-0.1, -0.05) is 25.1 Å². The van der Waals surface area contributed by atoms with Crippen LogP contribution < -0.4 is 5.32 Å². The molecule has 2 nitrogen and oxygen atoms in total. The molecule has 1 aromatic carbocycles. The molecule has 16 heavy (non-hydrogen) atoms. The molecule has 0 aromatic heterocycles. The third-order valence-corrected chi connectivity index (χ3v) is 3.16. The van der Waals surface area contributed by atoms with Crippen LogP contribution in [0.25, 0.3) is 0 Å². The highest BCUT2D eigenvalue weighted by Gasteiger charge is 2.17. The zero-order valence-corrected chi connectivity index (χ0v) is 11.0. The van der Waals surface area contributed by atoms with E-state index in [9.17, 15) is 0 Å². The maximum absolute atomic E-state index is 5.43. The van der Waals surface area contributed by atoms with Crippen molar-refractivity contribution in [2.75, 3.05) is 13.7 Å². The summed E-state index contributed by atoms with van der Waals surface area (Å²) in [5.74, 6) is 0. The van der Waals surface area contributed by atoms with E-state index in [2.05, 4.69) is 51.2 Å². The third-order valence-electron chi connectivity index (χ3n) is 3.16. The number of likely N-dealkylation sites (N-methyl/N-ethyl adjacent to an activating group) is 1. The number of hydrogen-bond acceptors (Lipinski definition) is 2. The topological polar surface area (TPSA) is 21.3 Å². The first kappa shape index (κ1) is 13.2. The lowest BCUT2D eigenvalue weighted by molar-refractivity contribution is 0.0835. The summed E-state index contributed by atoms with van der Waals surface area (Å²) in [5.41, 5.74) is 3.98. The van der Waals surface area contributed by atoms with E-state index in [4.69, 9.17) is 4.74 Å². The van der Waals surface area contributed by atoms with Crippen LogP contribution >= 0.6 is 0 Å². The van der Waals surface area contributed by atoms with Crippen molar-refractivity contribution >= 4 is 0 Å². The van der Waals surface area contributed by atoms with Crippen molar-refractivity contribution in [1.82, 2.24) is 5.32 Å². The summed E-state index contributed by atoms with van der Waals surface area (Å²) in [6.07, 6.45) is 0.182. The molecule has 0 fully saturated rings. The second-order valence-electron chi connectivity index (χ2n) is 4.32. The van der Waals surface area contributed by atoms with Gasteiger partial charge in [-0.15, -0.1) is 0 Å². The molecule has 0 bridgehead atoms. The van der Waals surface area contributed by atoms with Crippen LogP contribution in [0.4, 0.5) is 0 Å². The Morgan fingerprint density at radius 3 is 2.44 bits per heavy atom. The predicted molar refractivity (Wildman–Crippen MR) is 68.8 cm³/mol. The lowest BCUT2D eigenvalue weighted by Crippen LogP contribution is -2.31. The van der Waals surface area contributed by atoms with Crippen LogP contribution in [0.3, 0.4) is 0 Å². The van der Waals surface area contributed by atoms with Gasteiger partial charge in [-0.05, 0) is 44.0 Å². The summed E-state index contributed by atoms with van der Waals surface area (Å²) in [5, 5.41) is 3.47. The number of nitrogens with one attached hydrogen (secondary N) is 1. The predicted octanol–water partition coefficient (Wildman–Crippen LogP) is 2.99. The van der Waals surface area contributed by atoms with Gasteiger partial charge in [-0.3, -0.25) is 0 Å². The Morgan fingerprint density at radius 2 is 1.94 bits per heavy atom. The fourth-order valence-electron chi connectivity index (χ4n) is 1.87. The van der Waals surface area contributed by atoms with Gasteiger partial charge in [0.2, 0.25) is 0 Å². The Hall–Kier alpha value is -0.860. The fraction of sp³-hybridized carbons (Fsp3) is 0.571. The van der Waals surface area contributed by atoms with Crippen molar-refractivity contribution in [2.45, 2.75) is 39.8 Å². The van der Waals surface area contributed by atoms with Crippen molar-refractivity contribution in [2.24, 2.45) is 0 Å². The molecule has 90 valence electrons. The summed E-state index contributed by atoms with van der Waals surface area (Å²) < 4.78 is 5.43. The average molecular weight is 221 g/mol. The molecule has 0 aliphatic heterocycles. The second-order valence-corrected chi connectivity index (χ2v) is 4.32. The zero-order chi connectivity index (χ0) is 12.1. The first-order valence-corrected chi connectivity index (χ1v) is 5.93. The zero-order valence-electron chi connectivity index (χ0n) is 11.0. The van der Waals surface area contributed by atoms with Crippen molar-refractivity contribution in [3.63, 3.8) is 0 Å². The Morgan fingerprint density at radius 1 is 1.25 bits per heavy atom. The van der Waals surface area contributed by atoms with Crippen LogP contribution in [0.15, 0.2) is 18.2 Å². The molecule has 0 radical (unpaired) electrons. The Kier molecular flexibility index (Phi) is 4.97. The summed E-state index contributed by atoms with van der Waals surface area (Å²) in [6.45, 7) is 9.46. The molecule has 0 heterocycles. The van der Waals surface area contributed by atoms with Crippen LogP contribution in [0.2, 0.25) is 0 Å². The number of aryl methyl sites for hydroxylation is 2. The summed E-state index contributed by atoms with van der Waals surface area (Å²) in [7, 11) is 1.76. The Labute approximate surface area is 99.0 Å². The molecule has 2 heteroatoms. The molecule has 0 aliphatic rings. The van der Waals surface area contributed by atoms with Crippen molar-refractivity contribution < 1.29 is 4.74 Å². The highest BCUT2D eigenvalue weighted by Crippen LogP contribution is 2.21. The number of benzene rings is 1. The molecule has 1 N–H and O–H groups in total. The molecule has 0 saturated carbocycles. The van der Waals surface area contributed by atoms with Gasteiger partial charge >= 0.3 is 0 Å². The standard InChI is InChI=1S/C14H23NO/c1-6-15-14(12(4)16-5)13-8-7-10(2)11(3)9-13/h7-9,12,14-15H,6H2,1-5H3. The van der Waals surface area contributed by atoms with Crippen molar-refractivity contribution in [1.29, 1.82) is 0 Å². The first-order valence-electron chi connectivity index (χ1n) is 5.93. The monoisotopic (exact) mass is 221 g/mol. The van der Waals surface area contributed by atoms with Gasteiger partial charge in [0, 0.05) is 7.11 Å². The van der Waals surface area contributed by atoms with Gasteiger partial charge in [-0.2, -0.15) is 0 Å². The van der Waals surface area contributed by atoms with E-state index >= 15 is 0 Å². The van der Waals surface area contributed by atoms with Crippen LogP contribution in [0.5, 0.6) is 0 Å². The Bertz CT molecular complexity index is 336. The fourth-order valence-corrected chi connectivity index (χ4v) is 1.87. The largest absolute Gasteiger partial charge is 0.380 e. The maximum Gasteiger partial charge on any atom is 0.0737 e. The van der Waals surface area contributed by atoms with Gasteiger partial charge in [0.05, 0.1) is 12.1 Å². The average Bonchev–Trinajstić information content (AvgIpc) is 2.29. The van der Waals surface area contributed by atoms with Gasteiger partial charge < -0.3 is 10.1 Å². The molecular formula is C14H23NO. The van der Waals surface area contributed by atoms with E-state index in [0.717, 1.165) is 6.54 Å². The van der Waals surface area contributed by atoms with Gasteiger partial charge in [0.15, 0.2) is 0 Å². The first-order chi connectivity index (χ1) is 7.60. The Balaban J connectivity index is 2.96. The van der Waals surface area contributed by atoms with E-state index < -0.39 is 0 Å². The number of methoxy groups -OCH3 is 1. The highest BCUT2D eigenvalue weighted by molar-refractivity contribution is 5.32. The van der Waals surface area contributed by atoms with Crippen molar-refractivity contribution in [3.8, 4) is 0 Å². The van der Waals surface area contributed by atoms with Crippen LogP contribution in [0, 0.1) is 13.8 Å². The summed E-state index contributed by atoms with van der Waals surface area (Å²) >= 11 is 0. The van der Waals surface area contributed by atoms with E-state index in [1.165, 1.54) is 16.7 Å². The SMILES string of the molecule is CCNC(c1ccc(C)c(C)c1)C(C)OC. The molecular weight excluding hydrogens is 198 g/mol. The van der Waals surface area contributed by atoms with Gasteiger partial charge in [0.25, 0.3) is 0 Å². The molecule has 0 spiro atoms. The van der Waals surface area contributed by atoms with E-state index in [1.54, 1.807) is 7.11 Å². The molecule has 1 aromatic rings. The summed E-state index contributed by atoms with van der Waals surface area (Å²) in [6, 6.07) is 6.88. The van der Waals surface area contributed by atoms with Gasteiger partial charge in [0.1, 0.15) is 0 Å². The molecule has 0 saturated heterocycles. The number of hydrogen-bond donors (Lipinski definition) is 1. The minimum atomic E-state index is 0.182. The van der Waals surface area contributed by atoms with E-state index in [-0.39, 0.29) is 12.1 Å². The molecule has 0 amide bonds. The quantitative estimate of drug-likeness (QED) is 0.825. The van der Waals surface area contributed by atoms with E-state index in [1.807, 2.05) is 0 Å². The van der Waals surface area contributed by atoms with Crippen LogP contribution in [0.1, 0.15) is 36.6 Å². The minimum absolute atomic E-state index is 0.182. The highest BCUT2D eigenvalue weighted by atomic mass is 16.5. The smallest absolute Gasteiger partial charge is 0.0737 e. The van der Waals surface area contributed by atoms with Crippen molar-refractivity contribution in [3.05, 3.63) is 34.9 Å². The molecule has 2 atom stereocenters. The van der Waals surface area contributed by atoms with E-state index in [0.29, 0.717) is 0 Å². The third kappa shape index (κ3) is 3.06. The lowest BCUT2D eigenvalue weighted by atomic mass is 9.98. The normalized spacial score (nSPS) is 14.8. The van der Waals surface area contributed by atoms with Crippen LogP contribution in [-0.4, -0.2) is 19.8 Å². The summed E-state index contributed by atoms with van der Waals surface area (Å²) in [4.78, 5) is 0. The molecule has 1 rings (SSSR count). The van der Waals surface area contributed by atoms with Crippen LogP contribution in [-0.2, 0) is 4.74 Å². The number of rotatable bonds is 5. The van der Waals surface area contributed by atoms with Gasteiger partial charge in [-0.25, -0.2) is 0 Å².